The molecule has 0 fully saturated rings. The highest BCUT2D eigenvalue weighted by Crippen LogP contribution is 2.58. The summed E-state index contributed by atoms with van der Waals surface area (Å²) >= 11 is 0. The van der Waals surface area contributed by atoms with Crippen molar-refractivity contribution in [1.82, 2.24) is 4.98 Å². The van der Waals surface area contributed by atoms with E-state index >= 15 is 0 Å². The van der Waals surface area contributed by atoms with Gasteiger partial charge in [0.2, 0.25) is 0 Å². The number of halogens is 1. The molecule has 0 N–H and O–H groups in total. The molecule has 5 rings (SSSR count). The smallest absolute Gasteiger partial charge is 0.116 e. The third-order valence-electron chi connectivity index (χ3n) is 5.74. The van der Waals surface area contributed by atoms with E-state index in [1.807, 2.05) is 6.20 Å². The van der Waals surface area contributed by atoms with Crippen molar-refractivity contribution < 1.29 is 17.0 Å². The molecule has 0 aliphatic heterocycles. The fourth-order valence-corrected chi connectivity index (χ4v) is 8.59. The van der Waals surface area contributed by atoms with E-state index in [4.69, 9.17) is 0 Å². The largest absolute Gasteiger partial charge is 1.00 e. The zero-order valence-electron chi connectivity index (χ0n) is 17.1. The van der Waals surface area contributed by atoms with Crippen molar-refractivity contribution in [2.24, 2.45) is 0 Å². The van der Waals surface area contributed by atoms with Crippen molar-refractivity contribution in [2.45, 2.75) is 6.16 Å². The molecule has 1 heterocycles. The molecule has 3 heteroatoms. The van der Waals surface area contributed by atoms with E-state index in [0.29, 0.717) is 0 Å². The van der Waals surface area contributed by atoms with Crippen molar-refractivity contribution in [3.63, 3.8) is 0 Å². The summed E-state index contributed by atoms with van der Waals surface area (Å²) in [4.78, 5) is 4.60. The summed E-state index contributed by atoms with van der Waals surface area (Å²) in [5.74, 6) is 0. The lowest BCUT2D eigenvalue weighted by atomic mass is 10.1. The van der Waals surface area contributed by atoms with Crippen molar-refractivity contribution in [2.75, 3.05) is 0 Å². The summed E-state index contributed by atoms with van der Waals surface area (Å²) in [6.07, 6.45) is 2.92. The molecule has 0 unspecified atom stereocenters. The first-order valence-corrected chi connectivity index (χ1v) is 12.2. The normalized spacial score (nSPS) is 11.1. The molecule has 0 saturated carbocycles. The van der Waals surface area contributed by atoms with E-state index in [-0.39, 0.29) is 17.0 Å². The second kappa shape index (κ2) is 9.56. The fraction of sp³-hybridized carbons (Fsp3) is 0.0357. The first-order chi connectivity index (χ1) is 14.9. The lowest BCUT2D eigenvalue weighted by Gasteiger charge is -2.28. The summed E-state index contributed by atoms with van der Waals surface area (Å²) < 4.78 is 0. The van der Waals surface area contributed by atoms with Crippen LogP contribution in [-0.2, 0) is 6.16 Å². The molecule has 0 bridgehead atoms. The zero-order valence-corrected chi connectivity index (χ0v) is 19.6. The maximum atomic E-state index is 4.60. The van der Waals surface area contributed by atoms with Crippen LogP contribution in [0, 0.1) is 0 Å². The molecule has 0 saturated heterocycles. The Labute approximate surface area is 194 Å². The predicted octanol–water partition coefficient (Wildman–Crippen LogP) is 2.73. The maximum absolute atomic E-state index is 4.60. The number of aromatic nitrogens is 1. The van der Waals surface area contributed by atoms with E-state index in [9.17, 15) is 0 Å². The zero-order chi connectivity index (χ0) is 20.2. The second-order valence-electron chi connectivity index (χ2n) is 7.46. The van der Waals surface area contributed by atoms with Crippen LogP contribution < -0.4 is 32.9 Å². The van der Waals surface area contributed by atoms with Gasteiger partial charge in [-0.15, -0.1) is 0 Å². The van der Waals surface area contributed by atoms with Crippen molar-refractivity contribution >= 4 is 34.1 Å². The molecule has 0 aliphatic carbocycles. The number of hydrogen-bond donors (Lipinski definition) is 0. The van der Waals surface area contributed by atoms with Gasteiger partial charge in [-0.2, -0.15) is 0 Å². The van der Waals surface area contributed by atoms with E-state index in [1.165, 1.54) is 26.9 Å². The molecule has 152 valence electrons. The first kappa shape index (κ1) is 21.4. The van der Waals surface area contributed by atoms with Gasteiger partial charge in [-0.3, -0.25) is 4.98 Å². The highest BCUT2D eigenvalue weighted by molar-refractivity contribution is 7.95. The number of pyridine rings is 1. The quantitative estimate of drug-likeness (QED) is 0.350. The molecular formula is C28H23BrNP. The van der Waals surface area contributed by atoms with Gasteiger partial charge < -0.3 is 17.0 Å². The highest BCUT2D eigenvalue weighted by atomic mass is 79.9. The Hall–Kier alpha value is -2.80. The van der Waals surface area contributed by atoms with Gasteiger partial charge in [0, 0.05) is 17.1 Å². The minimum Gasteiger partial charge on any atom is -1.00 e. The molecule has 31 heavy (non-hydrogen) atoms. The summed E-state index contributed by atoms with van der Waals surface area (Å²) in [7, 11) is -1.91. The van der Waals surface area contributed by atoms with Crippen LogP contribution in [0.15, 0.2) is 128 Å². The minimum atomic E-state index is -1.91. The van der Waals surface area contributed by atoms with Crippen LogP contribution >= 0.6 is 7.26 Å². The van der Waals surface area contributed by atoms with E-state index in [0.717, 1.165) is 11.7 Å². The van der Waals surface area contributed by atoms with E-state index in [2.05, 4.69) is 126 Å². The number of fused-ring (bicyclic) bond motifs is 1. The summed E-state index contributed by atoms with van der Waals surface area (Å²) in [6.45, 7) is 0. The average molecular weight is 484 g/mol. The van der Waals surface area contributed by atoms with Crippen molar-refractivity contribution in [1.29, 1.82) is 0 Å². The number of rotatable bonds is 5. The van der Waals surface area contributed by atoms with Crippen LogP contribution in [0.1, 0.15) is 5.56 Å². The number of benzene rings is 4. The first-order valence-electron chi connectivity index (χ1n) is 10.3. The SMILES string of the molecule is [Br-].c1ccc([P+](Cc2ccnc3ccccc23)(c2ccccc2)c2ccccc2)cc1. The molecule has 0 spiro atoms. The van der Waals surface area contributed by atoms with E-state index in [1.54, 1.807) is 0 Å². The molecule has 5 aromatic rings. The number of nitrogens with zero attached hydrogens (tertiary/aromatic N) is 1. The maximum Gasteiger partial charge on any atom is 0.116 e. The Balaban J connectivity index is 0.00000231. The highest BCUT2D eigenvalue weighted by Gasteiger charge is 2.45. The Bertz CT molecular complexity index is 1160. The lowest BCUT2D eigenvalue weighted by Crippen LogP contribution is -3.00. The van der Waals surface area contributed by atoms with Gasteiger partial charge in [0.15, 0.2) is 0 Å². The third-order valence-corrected chi connectivity index (χ3v) is 10.1. The van der Waals surface area contributed by atoms with Crippen LogP contribution in [0.4, 0.5) is 0 Å². The molecule has 0 radical (unpaired) electrons. The molecule has 1 nitrogen and oxygen atoms in total. The van der Waals surface area contributed by atoms with Gasteiger partial charge in [0.05, 0.1) is 11.7 Å². The van der Waals surface area contributed by atoms with Crippen LogP contribution in [0.5, 0.6) is 0 Å². The molecular weight excluding hydrogens is 461 g/mol. The van der Waals surface area contributed by atoms with Crippen molar-refractivity contribution in [3.05, 3.63) is 133 Å². The monoisotopic (exact) mass is 483 g/mol. The molecule has 0 amide bonds. The van der Waals surface area contributed by atoms with Gasteiger partial charge in [0.25, 0.3) is 0 Å². The Morgan fingerprint density at radius 2 is 0.968 bits per heavy atom. The predicted molar refractivity (Wildman–Crippen MR) is 131 cm³/mol. The standard InChI is InChI=1S/C28H23NP.BrH/c1-4-12-24(13-5-1)30(25-14-6-2-7-15-25,26-16-8-3-9-17-26)22-23-20-21-29-28-19-11-10-18-27(23)28;/h1-21H,22H2;1H/q+1;/p-1. The topological polar surface area (TPSA) is 12.9 Å². The molecule has 0 aliphatic rings. The number of para-hydroxylation sites is 1. The molecule has 4 aromatic carbocycles. The van der Waals surface area contributed by atoms with Crippen LogP contribution in [-0.4, -0.2) is 4.98 Å². The Morgan fingerprint density at radius 1 is 0.516 bits per heavy atom. The Kier molecular flexibility index (Phi) is 6.61. The van der Waals surface area contributed by atoms with Crippen LogP contribution in [0.2, 0.25) is 0 Å². The summed E-state index contributed by atoms with van der Waals surface area (Å²) in [5.41, 5.74) is 2.41. The van der Waals surface area contributed by atoms with Gasteiger partial charge in [-0.1, -0.05) is 72.8 Å². The minimum absolute atomic E-state index is 0. The van der Waals surface area contributed by atoms with E-state index < -0.39 is 7.26 Å². The lowest BCUT2D eigenvalue weighted by molar-refractivity contribution is -0.00000581. The van der Waals surface area contributed by atoms with Crippen molar-refractivity contribution in [3.8, 4) is 0 Å². The molecule has 1 aromatic heterocycles. The Morgan fingerprint density at radius 3 is 1.48 bits per heavy atom. The summed E-state index contributed by atoms with van der Waals surface area (Å²) in [6, 6.07) is 43.8. The van der Waals surface area contributed by atoms with Crippen LogP contribution in [0.25, 0.3) is 10.9 Å². The van der Waals surface area contributed by atoms with Gasteiger partial charge in [-0.25, -0.2) is 0 Å². The molecule has 0 atom stereocenters. The summed E-state index contributed by atoms with van der Waals surface area (Å²) in [5, 5.41) is 5.46. The third kappa shape index (κ3) is 4.06. The van der Waals surface area contributed by atoms with Gasteiger partial charge in [0.1, 0.15) is 23.2 Å². The van der Waals surface area contributed by atoms with Crippen LogP contribution in [0.3, 0.4) is 0 Å². The second-order valence-corrected chi connectivity index (χ2v) is 10.9. The van der Waals surface area contributed by atoms with Gasteiger partial charge >= 0.3 is 0 Å². The fourth-order valence-electron chi connectivity index (χ4n) is 4.32. The number of hydrogen-bond acceptors (Lipinski definition) is 1. The average Bonchev–Trinajstić information content (AvgIpc) is 2.84. The van der Waals surface area contributed by atoms with Gasteiger partial charge in [-0.05, 0) is 48.5 Å².